The summed E-state index contributed by atoms with van der Waals surface area (Å²) in [6.07, 6.45) is 1.97. The van der Waals surface area contributed by atoms with E-state index in [0.717, 1.165) is 16.5 Å². The number of nitrogens with one attached hydrogen (secondary N) is 1. The summed E-state index contributed by atoms with van der Waals surface area (Å²) < 4.78 is 5.09. The Morgan fingerprint density at radius 3 is 2.50 bits per heavy atom. The van der Waals surface area contributed by atoms with Crippen LogP contribution in [-0.4, -0.2) is 28.7 Å². The van der Waals surface area contributed by atoms with Gasteiger partial charge in [-0.15, -0.1) is 5.10 Å². The molecule has 0 saturated carbocycles. The third-order valence-electron chi connectivity index (χ3n) is 1.94. The van der Waals surface area contributed by atoms with E-state index in [9.17, 15) is 0 Å². The van der Waals surface area contributed by atoms with Gasteiger partial charge in [-0.1, -0.05) is 23.9 Å². The lowest BCUT2D eigenvalue weighted by Gasteiger charge is -2.01. The standard InChI is InChI=1S/C10H11N3OS.CO2/c1-14-9-4-2-8(3-5-9)7-15-10-6-11-13-12-10;2-1-3/h2-6H,7H2,1H3,(H,11,12,13);. The van der Waals surface area contributed by atoms with Gasteiger partial charge in [-0.05, 0) is 17.7 Å². The highest BCUT2D eigenvalue weighted by Gasteiger charge is 1.98. The number of benzene rings is 1. The van der Waals surface area contributed by atoms with E-state index in [2.05, 4.69) is 15.4 Å². The zero-order valence-electron chi connectivity index (χ0n) is 9.62. The molecule has 6 nitrogen and oxygen atoms in total. The van der Waals surface area contributed by atoms with Gasteiger partial charge < -0.3 is 4.74 Å². The molecule has 1 N–H and O–H groups in total. The SMILES string of the molecule is COc1ccc(CSc2cn[nH]n2)cc1.O=C=O. The molecule has 0 radical (unpaired) electrons. The number of thioether (sulfide) groups is 1. The summed E-state index contributed by atoms with van der Waals surface area (Å²) in [6.45, 7) is 0. The molecular formula is C11H11N3O3S. The fraction of sp³-hybridized carbons (Fsp3) is 0.182. The highest BCUT2D eigenvalue weighted by molar-refractivity contribution is 7.98. The molecule has 1 aromatic carbocycles. The molecule has 0 aliphatic heterocycles. The van der Waals surface area contributed by atoms with E-state index in [1.165, 1.54) is 5.56 Å². The van der Waals surface area contributed by atoms with Crippen molar-refractivity contribution >= 4 is 17.9 Å². The fourth-order valence-corrected chi connectivity index (χ4v) is 1.88. The molecular weight excluding hydrogens is 254 g/mol. The molecule has 1 aromatic heterocycles. The largest absolute Gasteiger partial charge is 0.497 e. The van der Waals surface area contributed by atoms with Gasteiger partial charge in [0, 0.05) is 5.75 Å². The molecule has 94 valence electrons. The van der Waals surface area contributed by atoms with Crippen molar-refractivity contribution in [2.45, 2.75) is 10.8 Å². The molecule has 0 unspecified atom stereocenters. The van der Waals surface area contributed by atoms with Gasteiger partial charge in [0.1, 0.15) is 10.8 Å². The van der Waals surface area contributed by atoms with Crippen LogP contribution in [0.4, 0.5) is 0 Å². The predicted octanol–water partition coefficient (Wildman–Crippen LogP) is 1.52. The van der Waals surface area contributed by atoms with Crippen molar-refractivity contribution in [3.63, 3.8) is 0 Å². The van der Waals surface area contributed by atoms with Gasteiger partial charge in [0.25, 0.3) is 0 Å². The monoisotopic (exact) mass is 265 g/mol. The van der Waals surface area contributed by atoms with Gasteiger partial charge in [-0.2, -0.15) is 19.9 Å². The molecule has 2 aromatic rings. The maximum atomic E-state index is 8.12. The smallest absolute Gasteiger partial charge is 0.373 e. The third-order valence-corrected chi connectivity index (χ3v) is 2.91. The zero-order valence-corrected chi connectivity index (χ0v) is 10.4. The average molecular weight is 265 g/mol. The van der Waals surface area contributed by atoms with Crippen LogP contribution >= 0.6 is 11.8 Å². The van der Waals surface area contributed by atoms with E-state index >= 15 is 0 Å². The third kappa shape index (κ3) is 4.82. The Morgan fingerprint density at radius 1 is 1.33 bits per heavy atom. The molecule has 2 rings (SSSR count). The number of aromatic nitrogens is 3. The molecule has 0 bridgehead atoms. The van der Waals surface area contributed by atoms with Crippen LogP contribution in [0.15, 0.2) is 35.5 Å². The summed E-state index contributed by atoms with van der Waals surface area (Å²) in [5.74, 6) is 1.77. The maximum Gasteiger partial charge on any atom is 0.373 e. The normalized spacial score (nSPS) is 8.94. The summed E-state index contributed by atoms with van der Waals surface area (Å²) in [5.41, 5.74) is 1.24. The van der Waals surface area contributed by atoms with Gasteiger partial charge in [0.05, 0.1) is 13.3 Å². The first-order valence-electron chi connectivity index (χ1n) is 4.91. The minimum atomic E-state index is 0.250. The number of methoxy groups -OCH3 is 1. The second kappa shape index (κ2) is 8.05. The van der Waals surface area contributed by atoms with E-state index in [1.54, 1.807) is 25.1 Å². The van der Waals surface area contributed by atoms with E-state index in [1.807, 2.05) is 24.3 Å². The summed E-state index contributed by atoms with van der Waals surface area (Å²) in [6, 6.07) is 8.01. The van der Waals surface area contributed by atoms with Crippen LogP contribution in [0, 0.1) is 0 Å². The fourth-order valence-electron chi connectivity index (χ4n) is 1.14. The van der Waals surface area contributed by atoms with Crippen LogP contribution in [0.3, 0.4) is 0 Å². The number of rotatable bonds is 4. The predicted molar refractivity (Wildman–Crippen MR) is 63.9 cm³/mol. The lowest BCUT2D eigenvalue weighted by molar-refractivity contribution is -0.191. The molecule has 1 heterocycles. The van der Waals surface area contributed by atoms with Crippen molar-refractivity contribution < 1.29 is 14.3 Å². The quantitative estimate of drug-likeness (QED) is 0.844. The lowest BCUT2D eigenvalue weighted by atomic mass is 10.2. The Labute approximate surface area is 108 Å². The van der Waals surface area contributed by atoms with Crippen LogP contribution in [0.5, 0.6) is 5.75 Å². The molecule has 0 aliphatic rings. The number of H-pyrrole nitrogens is 1. The Balaban J connectivity index is 0.000000492. The first-order chi connectivity index (χ1) is 8.80. The van der Waals surface area contributed by atoms with Gasteiger partial charge in [-0.25, -0.2) is 0 Å². The minimum absolute atomic E-state index is 0.250. The summed E-state index contributed by atoms with van der Waals surface area (Å²) >= 11 is 1.65. The van der Waals surface area contributed by atoms with Gasteiger partial charge >= 0.3 is 6.15 Å². The Morgan fingerprint density at radius 2 is 2.00 bits per heavy atom. The highest BCUT2D eigenvalue weighted by Crippen LogP contribution is 2.20. The van der Waals surface area contributed by atoms with E-state index in [-0.39, 0.29) is 6.15 Å². The molecule has 0 fully saturated rings. The molecule has 0 amide bonds. The van der Waals surface area contributed by atoms with Crippen molar-refractivity contribution in [3.05, 3.63) is 36.0 Å². The summed E-state index contributed by atoms with van der Waals surface area (Å²) in [4.78, 5) is 16.2. The minimum Gasteiger partial charge on any atom is -0.497 e. The van der Waals surface area contributed by atoms with E-state index in [4.69, 9.17) is 14.3 Å². The number of hydrogen-bond acceptors (Lipinski definition) is 6. The zero-order chi connectivity index (χ0) is 13.2. The molecule has 18 heavy (non-hydrogen) atoms. The highest BCUT2D eigenvalue weighted by atomic mass is 32.2. The molecule has 0 spiro atoms. The van der Waals surface area contributed by atoms with Crippen molar-refractivity contribution in [3.8, 4) is 5.75 Å². The number of carbonyl (C=O) groups excluding carboxylic acids is 2. The van der Waals surface area contributed by atoms with Crippen LogP contribution in [0.1, 0.15) is 5.56 Å². The van der Waals surface area contributed by atoms with Crippen molar-refractivity contribution in [1.29, 1.82) is 0 Å². The molecule has 0 saturated heterocycles. The maximum absolute atomic E-state index is 8.12. The second-order valence-electron chi connectivity index (χ2n) is 3.03. The van der Waals surface area contributed by atoms with Crippen molar-refractivity contribution in [2.24, 2.45) is 0 Å². The Hall–Kier alpha value is -2.11. The average Bonchev–Trinajstić information content (AvgIpc) is 2.91. The number of ether oxygens (including phenoxy) is 1. The van der Waals surface area contributed by atoms with Crippen LogP contribution in [-0.2, 0) is 15.3 Å². The van der Waals surface area contributed by atoms with Crippen molar-refractivity contribution in [1.82, 2.24) is 15.4 Å². The van der Waals surface area contributed by atoms with Crippen LogP contribution < -0.4 is 4.74 Å². The summed E-state index contributed by atoms with van der Waals surface area (Å²) in [5, 5.41) is 11.2. The van der Waals surface area contributed by atoms with Crippen molar-refractivity contribution in [2.75, 3.05) is 7.11 Å². The van der Waals surface area contributed by atoms with E-state index < -0.39 is 0 Å². The molecule has 7 heteroatoms. The van der Waals surface area contributed by atoms with Gasteiger partial charge in [0.2, 0.25) is 0 Å². The van der Waals surface area contributed by atoms with Gasteiger partial charge in [0.15, 0.2) is 0 Å². The van der Waals surface area contributed by atoms with Gasteiger partial charge in [-0.3, -0.25) is 0 Å². The number of aromatic amines is 1. The molecule has 0 aliphatic carbocycles. The first-order valence-corrected chi connectivity index (χ1v) is 5.89. The van der Waals surface area contributed by atoms with Crippen LogP contribution in [0.25, 0.3) is 0 Å². The Bertz CT molecular complexity index is 479. The molecule has 0 atom stereocenters. The summed E-state index contributed by atoms with van der Waals surface area (Å²) in [7, 11) is 1.67. The topological polar surface area (TPSA) is 84.9 Å². The second-order valence-corrected chi connectivity index (χ2v) is 4.02. The number of hydrogen-bond donors (Lipinski definition) is 1. The van der Waals surface area contributed by atoms with Crippen LogP contribution in [0.2, 0.25) is 0 Å². The van der Waals surface area contributed by atoms with E-state index in [0.29, 0.717) is 0 Å². The number of nitrogens with zero attached hydrogens (tertiary/aromatic N) is 2. The first kappa shape index (κ1) is 14.0. The lowest BCUT2D eigenvalue weighted by Crippen LogP contribution is -1.84. The Kier molecular flexibility index (Phi) is 6.24.